The van der Waals surface area contributed by atoms with Crippen molar-refractivity contribution in [3.05, 3.63) is 72.1 Å². The van der Waals surface area contributed by atoms with Crippen molar-refractivity contribution >= 4 is 34.9 Å². The number of amides is 3. The zero-order valence-electron chi connectivity index (χ0n) is 16.4. The number of para-hydroxylation sites is 1. The van der Waals surface area contributed by atoms with Crippen LogP contribution in [0.5, 0.6) is 0 Å². The Hall–Kier alpha value is -3.94. The summed E-state index contributed by atoms with van der Waals surface area (Å²) in [4.78, 5) is 34.7. The molecule has 1 aromatic heterocycles. The third-order valence-corrected chi connectivity index (χ3v) is 4.33. The summed E-state index contributed by atoms with van der Waals surface area (Å²) < 4.78 is 0. The van der Waals surface area contributed by atoms with Crippen LogP contribution in [0.15, 0.2) is 60.9 Å². The summed E-state index contributed by atoms with van der Waals surface area (Å²) in [5.41, 5.74) is 2.52. The molecule has 8 heteroatoms. The molecule has 0 saturated carbocycles. The van der Waals surface area contributed by atoms with Gasteiger partial charge in [0.15, 0.2) is 0 Å². The fraction of sp³-hybridized carbons (Fsp3) is 0.143. The topological polar surface area (TPSA) is 99.2 Å². The van der Waals surface area contributed by atoms with Gasteiger partial charge in [0.25, 0.3) is 5.91 Å². The average Bonchev–Trinajstić information content (AvgIpc) is 2.75. The van der Waals surface area contributed by atoms with E-state index in [1.54, 1.807) is 38.4 Å². The molecule has 0 atom stereocenters. The number of urea groups is 1. The first kappa shape index (κ1) is 19.8. The fourth-order valence-electron chi connectivity index (χ4n) is 2.59. The minimum atomic E-state index is -0.380. The molecular formula is C21H22N6O2. The number of hydrogen-bond donors (Lipinski definition) is 3. The molecule has 3 aromatic rings. The molecule has 0 aliphatic carbocycles. The van der Waals surface area contributed by atoms with E-state index in [1.165, 1.54) is 11.2 Å². The maximum absolute atomic E-state index is 12.7. The van der Waals surface area contributed by atoms with Crippen LogP contribution in [-0.2, 0) is 0 Å². The van der Waals surface area contributed by atoms with E-state index in [0.29, 0.717) is 28.6 Å². The average molecular weight is 390 g/mol. The summed E-state index contributed by atoms with van der Waals surface area (Å²) in [6.45, 7) is 1.86. The van der Waals surface area contributed by atoms with Gasteiger partial charge in [-0.3, -0.25) is 9.69 Å². The minimum Gasteiger partial charge on any atom is -0.373 e. The minimum absolute atomic E-state index is 0.255. The molecule has 0 bridgehead atoms. The molecule has 148 valence electrons. The quantitative estimate of drug-likeness (QED) is 0.616. The molecule has 0 spiro atoms. The second-order valence-corrected chi connectivity index (χ2v) is 6.35. The van der Waals surface area contributed by atoms with Crippen LogP contribution in [0, 0.1) is 6.92 Å². The Bertz CT molecular complexity index is 1020. The molecular weight excluding hydrogens is 368 g/mol. The van der Waals surface area contributed by atoms with E-state index < -0.39 is 0 Å². The lowest BCUT2D eigenvalue weighted by Gasteiger charge is -2.18. The number of rotatable bonds is 5. The number of nitrogens with one attached hydrogen (secondary N) is 3. The van der Waals surface area contributed by atoms with Crippen molar-refractivity contribution in [1.82, 2.24) is 9.97 Å². The second-order valence-electron chi connectivity index (χ2n) is 6.35. The highest BCUT2D eigenvalue weighted by molar-refractivity contribution is 6.06. The van der Waals surface area contributed by atoms with Gasteiger partial charge < -0.3 is 16.0 Å². The number of aryl methyl sites for hydroxylation is 1. The maximum Gasteiger partial charge on any atom is 0.327 e. The van der Waals surface area contributed by atoms with Crippen molar-refractivity contribution in [1.29, 1.82) is 0 Å². The van der Waals surface area contributed by atoms with Crippen LogP contribution in [0.1, 0.15) is 15.9 Å². The van der Waals surface area contributed by atoms with E-state index >= 15 is 0 Å². The third kappa shape index (κ3) is 4.86. The van der Waals surface area contributed by atoms with Gasteiger partial charge in [0.1, 0.15) is 18.0 Å². The van der Waals surface area contributed by atoms with Gasteiger partial charge in [-0.05, 0) is 36.8 Å². The van der Waals surface area contributed by atoms with E-state index in [0.717, 1.165) is 5.56 Å². The normalized spacial score (nSPS) is 10.2. The van der Waals surface area contributed by atoms with Crippen LogP contribution in [0.25, 0.3) is 0 Å². The summed E-state index contributed by atoms with van der Waals surface area (Å²) in [6, 6.07) is 15.6. The van der Waals surface area contributed by atoms with E-state index in [9.17, 15) is 9.59 Å². The lowest BCUT2D eigenvalue weighted by Crippen LogP contribution is -2.32. The van der Waals surface area contributed by atoms with Crippen LogP contribution < -0.4 is 20.9 Å². The molecule has 2 aromatic carbocycles. The van der Waals surface area contributed by atoms with E-state index in [4.69, 9.17) is 0 Å². The van der Waals surface area contributed by atoms with Crippen molar-refractivity contribution < 1.29 is 9.59 Å². The Morgan fingerprint density at radius 3 is 2.45 bits per heavy atom. The van der Waals surface area contributed by atoms with Gasteiger partial charge >= 0.3 is 6.03 Å². The predicted molar refractivity (Wildman–Crippen MR) is 115 cm³/mol. The van der Waals surface area contributed by atoms with E-state index in [1.807, 2.05) is 37.3 Å². The fourth-order valence-corrected chi connectivity index (χ4v) is 2.59. The summed E-state index contributed by atoms with van der Waals surface area (Å²) >= 11 is 0. The Labute approximate surface area is 169 Å². The van der Waals surface area contributed by atoms with Crippen molar-refractivity contribution in [3.8, 4) is 0 Å². The highest BCUT2D eigenvalue weighted by atomic mass is 16.2. The Balaban J connectivity index is 1.75. The first-order chi connectivity index (χ1) is 14.0. The highest BCUT2D eigenvalue weighted by Gasteiger charge is 2.15. The lowest BCUT2D eigenvalue weighted by molar-refractivity contribution is 0.102. The first-order valence-corrected chi connectivity index (χ1v) is 8.99. The summed E-state index contributed by atoms with van der Waals surface area (Å²) in [6.07, 6.45) is 1.38. The number of nitrogens with zero attached hydrogens (tertiary/aromatic N) is 3. The molecule has 0 fully saturated rings. The SMILES string of the molecule is CNc1cc(N(C)C(=O)Nc2cc(C(=O)Nc3ccccc3)ccc2C)ncn1. The van der Waals surface area contributed by atoms with Gasteiger partial charge in [0.05, 0.1) is 0 Å². The largest absolute Gasteiger partial charge is 0.373 e. The molecule has 0 aliphatic rings. The van der Waals surface area contributed by atoms with Gasteiger partial charge in [0.2, 0.25) is 0 Å². The van der Waals surface area contributed by atoms with E-state index in [2.05, 4.69) is 25.9 Å². The standard InChI is InChI=1S/C21H22N6O2/c1-14-9-10-15(20(28)25-16-7-5-4-6-8-16)11-17(14)26-21(29)27(3)19-12-18(22-2)23-13-24-19/h4-13H,1-3H3,(H,25,28)(H,26,29)(H,22,23,24). The Morgan fingerprint density at radius 1 is 0.966 bits per heavy atom. The maximum atomic E-state index is 12.7. The molecule has 0 unspecified atom stereocenters. The Kier molecular flexibility index (Phi) is 6.03. The Morgan fingerprint density at radius 2 is 1.72 bits per heavy atom. The molecule has 29 heavy (non-hydrogen) atoms. The van der Waals surface area contributed by atoms with Crippen LogP contribution in [0.2, 0.25) is 0 Å². The summed E-state index contributed by atoms with van der Waals surface area (Å²) in [5.74, 6) is 0.789. The van der Waals surface area contributed by atoms with Crippen LogP contribution in [-0.4, -0.2) is 36.0 Å². The van der Waals surface area contributed by atoms with Gasteiger partial charge in [-0.2, -0.15) is 0 Å². The molecule has 3 rings (SSSR count). The van der Waals surface area contributed by atoms with Crippen molar-refractivity contribution in [2.75, 3.05) is 34.9 Å². The molecule has 3 N–H and O–H groups in total. The van der Waals surface area contributed by atoms with Gasteiger partial charge in [-0.15, -0.1) is 0 Å². The smallest absolute Gasteiger partial charge is 0.327 e. The second kappa shape index (κ2) is 8.83. The zero-order chi connectivity index (χ0) is 20.8. The predicted octanol–water partition coefficient (Wildman–Crippen LogP) is 3.75. The number of benzene rings is 2. The highest BCUT2D eigenvalue weighted by Crippen LogP contribution is 2.20. The zero-order valence-corrected chi connectivity index (χ0v) is 16.4. The molecule has 0 radical (unpaired) electrons. The number of anilines is 4. The monoisotopic (exact) mass is 390 g/mol. The van der Waals surface area contributed by atoms with Crippen molar-refractivity contribution in [3.63, 3.8) is 0 Å². The number of carbonyl (C=O) groups excluding carboxylic acids is 2. The number of hydrogen-bond acceptors (Lipinski definition) is 5. The van der Waals surface area contributed by atoms with Crippen LogP contribution in [0.3, 0.4) is 0 Å². The number of aromatic nitrogens is 2. The molecule has 1 heterocycles. The first-order valence-electron chi connectivity index (χ1n) is 8.99. The third-order valence-electron chi connectivity index (χ3n) is 4.33. The molecule has 0 aliphatic heterocycles. The lowest BCUT2D eigenvalue weighted by atomic mass is 10.1. The van der Waals surface area contributed by atoms with E-state index in [-0.39, 0.29) is 11.9 Å². The molecule has 8 nitrogen and oxygen atoms in total. The summed E-state index contributed by atoms with van der Waals surface area (Å²) in [5, 5.41) is 8.57. The van der Waals surface area contributed by atoms with Gasteiger partial charge in [-0.25, -0.2) is 14.8 Å². The number of carbonyl (C=O) groups is 2. The summed E-state index contributed by atoms with van der Waals surface area (Å²) in [7, 11) is 3.35. The van der Waals surface area contributed by atoms with Crippen LogP contribution >= 0.6 is 0 Å². The van der Waals surface area contributed by atoms with Gasteiger partial charge in [0, 0.05) is 37.1 Å². The van der Waals surface area contributed by atoms with Gasteiger partial charge in [-0.1, -0.05) is 24.3 Å². The van der Waals surface area contributed by atoms with Crippen molar-refractivity contribution in [2.45, 2.75) is 6.92 Å². The molecule has 3 amide bonds. The van der Waals surface area contributed by atoms with Crippen LogP contribution in [0.4, 0.5) is 27.8 Å². The molecule has 0 saturated heterocycles. The van der Waals surface area contributed by atoms with Crippen molar-refractivity contribution in [2.24, 2.45) is 0 Å².